The molecule has 0 fully saturated rings. The zero-order chi connectivity index (χ0) is 20.8. The molecule has 0 aliphatic heterocycles. The van der Waals surface area contributed by atoms with Crippen LogP contribution in [0.5, 0.6) is 0 Å². The molecule has 0 saturated heterocycles. The van der Waals surface area contributed by atoms with Gasteiger partial charge in [0.05, 0.1) is 18.0 Å². The first-order chi connectivity index (χ1) is 14.8. The lowest BCUT2D eigenvalue weighted by Gasteiger charge is -2.14. The molecule has 0 radical (unpaired) electrons. The molecule has 0 aliphatic rings. The number of benzene rings is 3. The predicted molar refractivity (Wildman–Crippen MR) is 121 cm³/mol. The van der Waals surface area contributed by atoms with E-state index in [1.165, 1.54) is 11.8 Å². The van der Waals surface area contributed by atoms with Gasteiger partial charge in [-0.1, -0.05) is 103 Å². The van der Waals surface area contributed by atoms with Crippen LogP contribution in [0.1, 0.15) is 17.7 Å². The van der Waals surface area contributed by atoms with Crippen LogP contribution in [0.15, 0.2) is 96.2 Å². The van der Waals surface area contributed by atoms with E-state index in [4.69, 9.17) is 9.72 Å². The van der Waals surface area contributed by atoms with Crippen LogP contribution in [0.3, 0.4) is 0 Å². The highest BCUT2D eigenvalue weighted by Gasteiger charge is 2.26. The molecule has 0 amide bonds. The molecule has 4 aromatic rings. The number of imidazole rings is 1. The summed E-state index contributed by atoms with van der Waals surface area (Å²) in [6.07, 6.45) is 0. The Kier molecular flexibility index (Phi) is 6.30. The Hall–Kier alpha value is -3.31. The number of hydrogen-bond donors (Lipinski definition) is 1. The molecule has 1 aromatic heterocycles. The van der Waals surface area contributed by atoms with Crippen molar-refractivity contribution in [3.05, 3.63) is 96.6 Å². The maximum absolute atomic E-state index is 12.7. The number of H-pyrrole nitrogens is 1. The van der Waals surface area contributed by atoms with E-state index < -0.39 is 5.25 Å². The van der Waals surface area contributed by atoms with E-state index in [0.29, 0.717) is 11.8 Å². The number of aromatic nitrogens is 2. The molecule has 3 aromatic carbocycles. The van der Waals surface area contributed by atoms with E-state index in [-0.39, 0.29) is 5.97 Å². The minimum Gasteiger partial charge on any atom is -0.465 e. The summed E-state index contributed by atoms with van der Waals surface area (Å²) in [5.41, 5.74) is 4.75. The van der Waals surface area contributed by atoms with Gasteiger partial charge in [0.25, 0.3) is 0 Å². The fraction of sp³-hybridized carbons (Fsp3) is 0.120. The van der Waals surface area contributed by atoms with Crippen LogP contribution in [-0.4, -0.2) is 22.5 Å². The summed E-state index contributed by atoms with van der Waals surface area (Å²) in [5, 5.41) is 0.180. The number of aromatic amines is 1. The molecule has 4 nitrogen and oxygen atoms in total. The summed E-state index contributed by atoms with van der Waals surface area (Å²) in [7, 11) is 0. The maximum atomic E-state index is 12.7. The van der Waals surface area contributed by atoms with E-state index in [2.05, 4.69) is 17.1 Å². The molecular formula is C25H22N2O2S. The first kappa shape index (κ1) is 20.0. The van der Waals surface area contributed by atoms with Crippen molar-refractivity contribution in [2.24, 2.45) is 0 Å². The quantitative estimate of drug-likeness (QED) is 0.291. The average molecular weight is 415 g/mol. The normalized spacial score (nSPS) is 11.8. The van der Waals surface area contributed by atoms with Crippen molar-refractivity contribution in [3.63, 3.8) is 0 Å². The number of thioether (sulfide) groups is 1. The molecule has 0 bridgehead atoms. The van der Waals surface area contributed by atoms with E-state index in [9.17, 15) is 4.79 Å². The molecule has 1 heterocycles. The third-order valence-electron chi connectivity index (χ3n) is 4.62. The van der Waals surface area contributed by atoms with Crippen LogP contribution in [0.4, 0.5) is 0 Å². The lowest BCUT2D eigenvalue weighted by Crippen LogP contribution is -2.13. The van der Waals surface area contributed by atoms with Crippen molar-refractivity contribution < 1.29 is 9.53 Å². The fourth-order valence-corrected chi connectivity index (χ4v) is 4.22. The van der Waals surface area contributed by atoms with Crippen LogP contribution >= 0.6 is 11.8 Å². The number of esters is 1. The van der Waals surface area contributed by atoms with Crippen LogP contribution in [0.2, 0.25) is 0 Å². The molecule has 1 unspecified atom stereocenters. The van der Waals surface area contributed by atoms with Crippen LogP contribution in [0.25, 0.3) is 22.5 Å². The number of nitrogens with one attached hydrogen (secondary N) is 1. The van der Waals surface area contributed by atoms with E-state index >= 15 is 0 Å². The number of ether oxygens (including phenoxy) is 1. The van der Waals surface area contributed by atoms with Gasteiger partial charge in [0.2, 0.25) is 0 Å². The first-order valence-electron chi connectivity index (χ1n) is 9.85. The summed E-state index contributed by atoms with van der Waals surface area (Å²) in [6, 6.07) is 29.8. The minimum atomic E-state index is -0.496. The maximum Gasteiger partial charge on any atom is 0.324 e. The highest BCUT2D eigenvalue weighted by molar-refractivity contribution is 8.00. The Morgan fingerprint density at radius 3 is 2.07 bits per heavy atom. The molecule has 30 heavy (non-hydrogen) atoms. The number of hydrogen-bond acceptors (Lipinski definition) is 4. The minimum absolute atomic E-state index is 0.271. The smallest absolute Gasteiger partial charge is 0.324 e. The highest BCUT2D eigenvalue weighted by atomic mass is 32.2. The van der Waals surface area contributed by atoms with E-state index in [0.717, 1.165) is 28.1 Å². The highest BCUT2D eigenvalue weighted by Crippen LogP contribution is 2.39. The summed E-state index contributed by atoms with van der Waals surface area (Å²) in [6.45, 7) is 2.16. The van der Waals surface area contributed by atoms with Gasteiger partial charge in [-0.05, 0) is 12.5 Å². The lowest BCUT2D eigenvalue weighted by atomic mass is 10.1. The molecule has 0 aliphatic carbocycles. The van der Waals surface area contributed by atoms with Crippen molar-refractivity contribution in [2.45, 2.75) is 17.3 Å². The van der Waals surface area contributed by atoms with Crippen molar-refractivity contribution >= 4 is 17.7 Å². The summed E-state index contributed by atoms with van der Waals surface area (Å²) in [5.74, 6) is -0.271. The van der Waals surface area contributed by atoms with E-state index in [1.807, 2.05) is 85.8 Å². The Balaban J connectivity index is 1.75. The van der Waals surface area contributed by atoms with Gasteiger partial charge >= 0.3 is 5.97 Å². The number of rotatable bonds is 7. The molecule has 4 rings (SSSR count). The SMILES string of the molecule is CCOC(=O)C(Sc1nc(-c2ccccc2)c(-c2ccccc2)[nH]1)c1ccccc1. The fourth-order valence-electron chi connectivity index (χ4n) is 3.24. The van der Waals surface area contributed by atoms with Gasteiger partial charge in [0, 0.05) is 11.1 Å². The molecular weight excluding hydrogens is 392 g/mol. The van der Waals surface area contributed by atoms with Crippen LogP contribution in [-0.2, 0) is 9.53 Å². The molecule has 150 valence electrons. The Bertz CT molecular complexity index is 1040. The van der Waals surface area contributed by atoms with Crippen molar-refractivity contribution in [1.82, 2.24) is 9.97 Å². The summed E-state index contributed by atoms with van der Waals surface area (Å²) >= 11 is 1.37. The number of nitrogens with zero attached hydrogens (tertiary/aromatic N) is 1. The van der Waals surface area contributed by atoms with Gasteiger partial charge in [-0.25, -0.2) is 4.98 Å². The number of carbonyl (C=O) groups is 1. The third kappa shape index (κ3) is 4.47. The lowest BCUT2D eigenvalue weighted by molar-refractivity contribution is -0.142. The van der Waals surface area contributed by atoms with Gasteiger partial charge in [-0.3, -0.25) is 4.79 Å². The summed E-state index contributed by atoms with van der Waals surface area (Å²) in [4.78, 5) is 21.0. The van der Waals surface area contributed by atoms with Gasteiger partial charge in [-0.15, -0.1) is 0 Å². The van der Waals surface area contributed by atoms with Crippen molar-refractivity contribution in [2.75, 3.05) is 6.61 Å². The van der Waals surface area contributed by atoms with Gasteiger partial charge in [0.1, 0.15) is 5.25 Å². The Labute approximate surface area is 180 Å². The molecule has 0 saturated carbocycles. The second-order valence-electron chi connectivity index (χ2n) is 6.66. The third-order valence-corrected chi connectivity index (χ3v) is 5.74. The largest absolute Gasteiger partial charge is 0.465 e. The van der Waals surface area contributed by atoms with Crippen molar-refractivity contribution in [3.8, 4) is 22.5 Å². The van der Waals surface area contributed by atoms with Crippen LogP contribution in [0, 0.1) is 0 Å². The van der Waals surface area contributed by atoms with Crippen LogP contribution < -0.4 is 0 Å². The topological polar surface area (TPSA) is 55.0 Å². The first-order valence-corrected chi connectivity index (χ1v) is 10.7. The zero-order valence-electron chi connectivity index (χ0n) is 16.6. The van der Waals surface area contributed by atoms with Gasteiger partial charge < -0.3 is 9.72 Å². The number of carbonyl (C=O) groups excluding carboxylic acids is 1. The van der Waals surface area contributed by atoms with Crippen molar-refractivity contribution in [1.29, 1.82) is 0 Å². The average Bonchev–Trinajstić information content (AvgIpc) is 3.23. The predicted octanol–water partition coefficient (Wildman–Crippen LogP) is 6.14. The monoisotopic (exact) mass is 414 g/mol. The standard InChI is InChI=1S/C25H22N2O2S/c1-2-29-24(28)23(20-16-10-5-11-17-20)30-25-26-21(18-12-6-3-7-13-18)22(27-25)19-14-8-4-9-15-19/h3-17,23H,2H2,1H3,(H,26,27). The Morgan fingerprint density at radius 1 is 0.900 bits per heavy atom. The molecule has 1 N–H and O–H groups in total. The second-order valence-corrected chi connectivity index (χ2v) is 7.75. The molecule has 0 spiro atoms. The van der Waals surface area contributed by atoms with Gasteiger partial charge in [-0.2, -0.15) is 0 Å². The van der Waals surface area contributed by atoms with Gasteiger partial charge in [0.15, 0.2) is 5.16 Å². The molecule has 5 heteroatoms. The summed E-state index contributed by atoms with van der Waals surface area (Å²) < 4.78 is 5.34. The zero-order valence-corrected chi connectivity index (χ0v) is 17.4. The van der Waals surface area contributed by atoms with E-state index in [1.54, 1.807) is 0 Å². The second kappa shape index (κ2) is 9.46. The Morgan fingerprint density at radius 2 is 1.47 bits per heavy atom. The molecule has 1 atom stereocenters.